The lowest BCUT2D eigenvalue weighted by Crippen LogP contribution is -2.38. The van der Waals surface area contributed by atoms with Gasteiger partial charge in [0.05, 0.1) is 0 Å². The molecule has 0 radical (unpaired) electrons. The third-order valence-corrected chi connectivity index (χ3v) is 2.51. The maximum atomic E-state index is 4.54. The van der Waals surface area contributed by atoms with Gasteiger partial charge >= 0.3 is 0 Å². The van der Waals surface area contributed by atoms with Crippen molar-refractivity contribution < 1.29 is 0 Å². The molecule has 2 N–H and O–H groups in total. The number of rotatable bonds is 6. The molecule has 3 nitrogen and oxygen atoms in total. The molecule has 0 aromatic heterocycles. The lowest BCUT2D eigenvalue weighted by Gasteiger charge is -2.12. The molecule has 0 bridgehead atoms. The van der Waals surface area contributed by atoms with Gasteiger partial charge in [-0.2, -0.15) is 0 Å². The molecule has 0 saturated carbocycles. The molecule has 1 aromatic rings. The fourth-order valence-corrected chi connectivity index (χ4v) is 1.59. The smallest absolute Gasteiger partial charge is 0.191 e. The Morgan fingerprint density at radius 1 is 1.16 bits per heavy atom. The number of nitrogens with one attached hydrogen (secondary N) is 2. The normalized spacial score (nSPS) is 11.1. The summed E-state index contributed by atoms with van der Waals surface area (Å²) in [7, 11) is 0. The molecule has 19 heavy (non-hydrogen) atoms. The van der Waals surface area contributed by atoms with Gasteiger partial charge in [0.2, 0.25) is 0 Å². The van der Waals surface area contributed by atoms with E-state index in [0.29, 0.717) is 5.92 Å². The molecule has 1 rings (SSSR count). The molecule has 0 aliphatic heterocycles. The summed E-state index contributed by atoms with van der Waals surface area (Å²) in [5.41, 5.74) is 1.35. The summed E-state index contributed by atoms with van der Waals surface area (Å²) in [6, 6.07) is 10.5. The molecule has 4 heteroatoms. The minimum atomic E-state index is 0. The lowest BCUT2D eigenvalue weighted by atomic mass is 10.1. The number of halogens is 1. The maximum absolute atomic E-state index is 4.54. The van der Waals surface area contributed by atoms with Crippen LogP contribution in [-0.2, 0) is 6.42 Å². The van der Waals surface area contributed by atoms with Gasteiger partial charge in [-0.3, -0.25) is 4.99 Å². The number of guanidine groups is 1. The fraction of sp³-hybridized carbons (Fsp3) is 0.533. The first-order chi connectivity index (χ1) is 8.72. The predicted octanol–water partition coefficient (Wildman–Crippen LogP) is 3.06. The molecule has 0 atom stereocenters. The average molecular weight is 375 g/mol. The van der Waals surface area contributed by atoms with Crippen LogP contribution in [0, 0.1) is 5.92 Å². The second-order valence-corrected chi connectivity index (χ2v) is 4.78. The van der Waals surface area contributed by atoms with Gasteiger partial charge in [-0.1, -0.05) is 44.2 Å². The molecule has 0 aliphatic carbocycles. The maximum Gasteiger partial charge on any atom is 0.191 e. The third-order valence-electron chi connectivity index (χ3n) is 2.51. The molecule has 0 aliphatic rings. The number of hydrogen-bond donors (Lipinski definition) is 2. The highest BCUT2D eigenvalue weighted by atomic mass is 127. The Hall–Kier alpha value is -0.780. The van der Waals surface area contributed by atoms with Crippen LogP contribution in [0.15, 0.2) is 35.3 Å². The molecule has 0 amide bonds. The van der Waals surface area contributed by atoms with Gasteiger partial charge in [-0.25, -0.2) is 0 Å². The SMILES string of the molecule is CCNC(=NCC(C)C)NCCc1ccccc1.I. The van der Waals surface area contributed by atoms with E-state index in [0.717, 1.165) is 32.0 Å². The van der Waals surface area contributed by atoms with Crippen molar-refractivity contribution in [2.75, 3.05) is 19.6 Å². The summed E-state index contributed by atoms with van der Waals surface area (Å²) in [5.74, 6) is 1.51. The number of benzene rings is 1. The van der Waals surface area contributed by atoms with Crippen molar-refractivity contribution in [3.8, 4) is 0 Å². The standard InChI is InChI=1S/C15H25N3.HI/c1-4-16-15(18-12-13(2)3)17-11-10-14-8-6-5-7-9-14;/h5-9,13H,4,10-12H2,1-3H3,(H2,16,17,18);1H. The molecule has 0 heterocycles. The van der Waals surface area contributed by atoms with Crippen LogP contribution in [0.2, 0.25) is 0 Å². The van der Waals surface area contributed by atoms with E-state index in [1.165, 1.54) is 5.56 Å². The van der Waals surface area contributed by atoms with E-state index in [2.05, 4.69) is 60.7 Å². The van der Waals surface area contributed by atoms with E-state index in [4.69, 9.17) is 0 Å². The van der Waals surface area contributed by atoms with Crippen LogP contribution in [0.1, 0.15) is 26.3 Å². The van der Waals surface area contributed by atoms with E-state index in [1.807, 2.05) is 6.07 Å². The van der Waals surface area contributed by atoms with Crippen LogP contribution >= 0.6 is 24.0 Å². The average Bonchev–Trinajstić information content (AvgIpc) is 2.37. The van der Waals surface area contributed by atoms with Crippen molar-refractivity contribution >= 4 is 29.9 Å². The summed E-state index contributed by atoms with van der Waals surface area (Å²) >= 11 is 0. The lowest BCUT2D eigenvalue weighted by molar-refractivity contribution is 0.656. The largest absolute Gasteiger partial charge is 0.357 e. The van der Waals surface area contributed by atoms with Crippen LogP contribution in [0.5, 0.6) is 0 Å². The van der Waals surface area contributed by atoms with E-state index < -0.39 is 0 Å². The Morgan fingerprint density at radius 2 is 1.84 bits per heavy atom. The predicted molar refractivity (Wildman–Crippen MR) is 94.4 cm³/mol. The van der Waals surface area contributed by atoms with E-state index in [-0.39, 0.29) is 24.0 Å². The Morgan fingerprint density at radius 3 is 2.42 bits per heavy atom. The molecular weight excluding hydrogens is 349 g/mol. The molecular formula is C15H26IN3. The first-order valence-electron chi connectivity index (χ1n) is 6.78. The monoisotopic (exact) mass is 375 g/mol. The Kier molecular flexibility index (Phi) is 10.6. The van der Waals surface area contributed by atoms with E-state index >= 15 is 0 Å². The topological polar surface area (TPSA) is 36.4 Å². The quantitative estimate of drug-likeness (QED) is 0.456. The van der Waals surface area contributed by atoms with Gasteiger partial charge in [0.15, 0.2) is 5.96 Å². The minimum absolute atomic E-state index is 0. The molecule has 0 saturated heterocycles. The van der Waals surface area contributed by atoms with Crippen molar-refractivity contribution in [3.63, 3.8) is 0 Å². The number of nitrogens with zero attached hydrogens (tertiary/aromatic N) is 1. The van der Waals surface area contributed by atoms with Crippen molar-refractivity contribution in [1.82, 2.24) is 10.6 Å². The van der Waals surface area contributed by atoms with Crippen LogP contribution in [0.3, 0.4) is 0 Å². The molecule has 0 spiro atoms. The molecule has 1 aromatic carbocycles. The summed E-state index contributed by atoms with van der Waals surface area (Å²) < 4.78 is 0. The zero-order valence-electron chi connectivity index (χ0n) is 12.1. The first kappa shape index (κ1) is 18.2. The highest BCUT2D eigenvalue weighted by molar-refractivity contribution is 14.0. The van der Waals surface area contributed by atoms with Crippen molar-refractivity contribution in [2.24, 2.45) is 10.9 Å². The van der Waals surface area contributed by atoms with Crippen molar-refractivity contribution in [1.29, 1.82) is 0 Å². The summed E-state index contributed by atoms with van der Waals surface area (Å²) in [6.07, 6.45) is 1.02. The summed E-state index contributed by atoms with van der Waals surface area (Å²) in [5, 5.41) is 6.63. The van der Waals surface area contributed by atoms with E-state index in [9.17, 15) is 0 Å². The Labute approximate surface area is 134 Å². The van der Waals surface area contributed by atoms with Crippen molar-refractivity contribution in [2.45, 2.75) is 27.2 Å². The second kappa shape index (κ2) is 11.1. The number of aliphatic imine (C=N–C) groups is 1. The van der Waals surface area contributed by atoms with Gasteiger partial charge in [0.25, 0.3) is 0 Å². The summed E-state index contributed by atoms with van der Waals surface area (Å²) in [4.78, 5) is 4.54. The van der Waals surface area contributed by atoms with Crippen LogP contribution in [-0.4, -0.2) is 25.6 Å². The molecule has 0 unspecified atom stereocenters. The minimum Gasteiger partial charge on any atom is -0.357 e. The highest BCUT2D eigenvalue weighted by Crippen LogP contribution is 1.98. The Balaban J connectivity index is 0.00000324. The van der Waals surface area contributed by atoms with Crippen molar-refractivity contribution in [3.05, 3.63) is 35.9 Å². The highest BCUT2D eigenvalue weighted by Gasteiger charge is 1.98. The fourth-order valence-electron chi connectivity index (χ4n) is 1.59. The zero-order chi connectivity index (χ0) is 13.2. The molecule has 108 valence electrons. The van der Waals surface area contributed by atoms with Gasteiger partial charge < -0.3 is 10.6 Å². The van der Waals surface area contributed by atoms with Gasteiger partial charge in [0, 0.05) is 19.6 Å². The van der Waals surface area contributed by atoms with Crippen LogP contribution < -0.4 is 10.6 Å². The third kappa shape index (κ3) is 8.86. The second-order valence-electron chi connectivity index (χ2n) is 4.78. The first-order valence-corrected chi connectivity index (χ1v) is 6.78. The van der Waals surface area contributed by atoms with Gasteiger partial charge in [-0.15, -0.1) is 24.0 Å². The van der Waals surface area contributed by atoms with E-state index in [1.54, 1.807) is 0 Å². The van der Waals surface area contributed by atoms with Gasteiger partial charge in [-0.05, 0) is 24.8 Å². The molecule has 0 fully saturated rings. The van der Waals surface area contributed by atoms with Crippen LogP contribution in [0.4, 0.5) is 0 Å². The number of hydrogen-bond acceptors (Lipinski definition) is 1. The van der Waals surface area contributed by atoms with Gasteiger partial charge in [0.1, 0.15) is 0 Å². The summed E-state index contributed by atoms with van der Waals surface area (Å²) in [6.45, 7) is 9.11. The zero-order valence-corrected chi connectivity index (χ0v) is 14.5. The Bertz CT molecular complexity index is 350. The van der Waals surface area contributed by atoms with Crippen LogP contribution in [0.25, 0.3) is 0 Å².